The van der Waals surface area contributed by atoms with Crippen molar-refractivity contribution in [2.45, 2.75) is 0 Å². The average Bonchev–Trinajstić information content (AvgIpc) is 3.17. The molecule has 1 aliphatic heterocycles. The second-order valence-electron chi connectivity index (χ2n) is 5.85. The Labute approximate surface area is 159 Å². The Morgan fingerprint density at radius 2 is 1.93 bits per heavy atom. The number of aliphatic imine (C=N–C) groups is 2. The molecule has 0 saturated heterocycles. The first kappa shape index (κ1) is 17.1. The molecule has 7 heteroatoms. The summed E-state index contributed by atoms with van der Waals surface area (Å²) in [6, 6.07) is 15.1. The van der Waals surface area contributed by atoms with Crippen LogP contribution < -0.4 is 5.32 Å². The first-order valence-corrected chi connectivity index (χ1v) is 9.46. The fourth-order valence-electron chi connectivity index (χ4n) is 2.93. The summed E-state index contributed by atoms with van der Waals surface area (Å²) in [5.74, 6) is -0.124. The van der Waals surface area contributed by atoms with Crippen molar-refractivity contribution in [2.75, 3.05) is 11.6 Å². The molecule has 3 N–H and O–H groups in total. The number of aromatic hydroxyl groups is 1. The van der Waals surface area contributed by atoms with Crippen LogP contribution in [-0.4, -0.2) is 33.6 Å². The van der Waals surface area contributed by atoms with Crippen LogP contribution in [0.5, 0.6) is 5.88 Å². The van der Waals surface area contributed by atoms with Gasteiger partial charge in [0, 0.05) is 34.6 Å². The number of hydrogen-bond acceptors (Lipinski definition) is 4. The molecule has 2 heterocycles. The van der Waals surface area contributed by atoms with Gasteiger partial charge < -0.3 is 15.4 Å². The van der Waals surface area contributed by atoms with Gasteiger partial charge in [0.15, 0.2) is 11.0 Å². The van der Waals surface area contributed by atoms with Crippen molar-refractivity contribution in [1.29, 1.82) is 0 Å². The van der Waals surface area contributed by atoms with E-state index in [1.54, 1.807) is 6.21 Å². The molecule has 4 rings (SSSR count). The maximum atomic E-state index is 12.1. The number of benzene rings is 2. The largest absolute Gasteiger partial charge is 0.494 e. The lowest BCUT2D eigenvalue weighted by molar-refractivity contribution is -0.110. The summed E-state index contributed by atoms with van der Waals surface area (Å²) in [5.41, 5.74) is 3.54. The number of hydrogen-bond donors (Lipinski definition) is 3. The number of H-pyrrole nitrogens is 1. The number of thioether (sulfide) groups is 1. The highest BCUT2D eigenvalue weighted by Crippen LogP contribution is 2.31. The summed E-state index contributed by atoms with van der Waals surface area (Å²) in [5, 5.41) is 14.3. The van der Waals surface area contributed by atoms with E-state index in [2.05, 4.69) is 20.3 Å². The molecule has 0 bridgehead atoms. The number of fused-ring (bicyclic) bond motifs is 2. The molecule has 3 aromatic rings. The summed E-state index contributed by atoms with van der Waals surface area (Å²) in [6.07, 6.45) is 4.95. The summed E-state index contributed by atoms with van der Waals surface area (Å²) >= 11 is 1.35. The van der Waals surface area contributed by atoms with Gasteiger partial charge in [-0.3, -0.25) is 4.79 Å². The van der Waals surface area contributed by atoms with Crippen LogP contribution in [0.25, 0.3) is 16.5 Å². The molecular weight excluding hydrogens is 360 g/mol. The van der Waals surface area contributed by atoms with Crippen LogP contribution in [0.1, 0.15) is 11.1 Å². The molecule has 0 atom stereocenters. The summed E-state index contributed by atoms with van der Waals surface area (Å²) in [6.45, 7) is 0. The van der Waals surface area contributed by atoms with Crippen LogP contribution in [0.4, 0.5) is 5.69 Å². The van der Waals surface area contributed by atoms with E-state index in [9.17, 15) is 9.90 Å². The number of para-hydroxylation sites is 2. The maximum Gasteiger partial charge on any atom is 0.257 e. The van der Waals surface area contributed by atoms with Crippen molar-refractivity contribution in [2.24, 2.45) is 9.98 Å². The van der Waals surface area contributed by atoms with E-state index in [4.69, 9.17) is 0 Å². The normalized spacial score (nSPS) is 15.7. The molecule has 27 heavy (non-hydrogen) atoms. The molecule has 0 spiro atoms. The Kier molecular flexibility index (Phi) is 4.52. The van der Waals surface area contributed by atoms with Gasteiger partial charge in [0.2, 0.25) is 0 Å². The van der Waals surface area contributed by atoms with Crippen molar-refractivity contribution in [1.82, 2.24) is 4.98 Å². The Morgan fingerprint density at radius 3 is 2.78 bits per heavy atom. The number of aromatic amines is 1. The molecule has 0 unspecified atom stereocenters. The SMILES string of the molecule is CSC(N=Cc1c(O)[nH]c2ccccc12)=N/C=C1\C(=O)Nc2ccccc21. The van der Waals surface area contributed by atoms with E-state index in [1.165, 1.54) is 18.0 Å². The summed E-state index contributed by atoms with van der Waals surface area (Å²) in [4.78, 5) is 23.8. The van der Waals surface area contributed by atoms with Gasteiger partial charge in [-0.05, 0) is 18.4 Å². The zero-order valence-electron chi connectivity index (χ0n) is 14.4. The quantitative estimate of drug-likeness (QED) is 0.359. The summed E-state index contributed by atoms with van der Waals surface area (Å²) < 4.78 is 0. The highest BCUT2D eigenvalue weighted by atomic mass is 32.2. The van der Waals surface area contributed by atoms with Gasteiger partial charge in [-0.2, -0.15) is 0 Å². The maximum absolute atomic E-state index is 12.1. The fraction of sp³-hybridized carbons (Fsp3) is 0.0500. The Morgan fingerprint density at radius 1 is 1.15 bits per heavy atom. The van der Waals surface area contributed by atoms with Crippen molar-refractivity contribution >= 4 is 51.2 Å². The fourth-order valence-corrected chi connectivity index (χ4v) is 3.24. The molecule has 1 aromatic heterocycles. The van der Waals surface area contributed by atoms with Crippen molar-refractivity contribution in [3.05, 3.63) is 65.9 Å². The molecule has 0 saturated carbocycles. The number of carbonyl (C=O) groups excluding carboxylic acids is 1. The highest BCUT2D eigenvalue weighted by Gasteiger charge is 2.23. The third-order valence-corrected chi connectivity index (χ3v) is 4.80. The topological polar surface area (TPSA) is 89.8 Å². The summed E-state index contributed by atoms with van der Waals surface area (Å²) in [7, 11) is 0. The van der Waals surface area contributed by atoms with E-state index in [-0.39, 0.29) is 11.8 Å². The van der Waals surface area contributed by atoms with E-state index >= 15 is 0 Å². The standard InChI is InChI=1S/C20H16N4O2S/c1-27-20(21-10-14-12-6-2-4-8-16(12)23-18(14)25)22-11-15-13-7-3-5-9-17(13)24-19(15)26/h2-11,23,25H,1H3,(H,24,26)/b15-11-,21-10?,22-20?. The van der Waals surface area contributed by atoms with Gasteiger partial charge in [0.25, 0.3) is 5.91 Å². The smallest absolute Gasteiger partial charge is 0.257 e. The van der Waals surface area contributed by atoms with Crippen LogP contribution >= 0.6 is 11.8 Å². The Hall–Kier alpha value is -3.32. The number of amides is 1. The molecule has 0 fully saturated rings. The van der Waals surface area contributed by atoms with Crippen LogP contribution in [0.3, 0.4) is 0 Å². The van der Waals surface area contributed by atoms with Gasteiger partial charge in [-0.25, -0.2) is 9.98 Å². The Bertz CT molecular complexity index is 1130. The van der Waals surface area contributed by atoms with Crippen molar-refractivity contribution in [3.8, 4) is 5.88 Å². The predicted octanol–water partition coefficient (Wildman–Crippen LogP) is 4.00. The molecule has 0 aliphatic carbocycles. The van der Waals surface area contributed by atoms with Gasteiger partial charge in [0.1, 0.15) is 0 Å². The van der Waals surface area contributed by atoms with Crippen molar-refractivity contribution in [3.63, 3.8) is 0 Å². The third kappa shape index (κ3) is 3.24. The number of carbonyl (C=O) groups is 1. The van der Waals surface area contributed by atoms with E-state index in [1.807, 2.05) is 54.8 Å². The number of nitrogens with one attached hydrogen (secondary N) is 2. The van der Waals surface area contributed by atoms with E-state index in [0.29, 0.717) is 16.3 Å². The molecule has 134 valence electrons. The van der Waals surface area contributed by atoms with Crippen LogP contribution in [0.2, 0.25) is 0 Å². The molecular formula is C20H16N4O2S. The minimum atomic E-state index is -0.182. The minimum absolute atomic E-state index is 0.0582. The lowest BCUT2D eigenvalue weighted by Gasteiger charge is -1.97. The third-order valence-electron chi connectivity index (χ3n) is 4.23. The van der Waals surface area contributed by atoms with Gasteiger partial charge >= 0.3 is 0 Å². The molecule has 6 nitrogen and oxygen atoms in total. The van der Waals surface area contributed by atoms with Crippen LogP contribution in [0.15, 0.2) is 64.7 Å². The average molecular weight is 376 g/mol. The minimum Gasteiger partial charge on any atom is -0.494 e. The second-order valence-corrected chi connectivity index (χ2v) is 6.62. The number of nitrogens with zero attached hydrogens (tertiary/aromatic N) is 2. The lowest BCUT2D eigenvalue weighted by atomic mass is 10.1. The number of anilines is 1. The molecule has 0 radical (unpaired) electrons. The van der Waals surface area contributed by atoms with Gasteiger partial charge in [0.05, 0.1) is 11.1 Å². The molecule has 1 amide bonds. The van der Waals surface area contributed by atoms with Crippen molar-refractivity contribution < 1.29 is 9.90 Å². The highest BCUT2D eigenvalue weighted by molar-refractivity contribution is 8.13. The zero-order valence-corrected chi connectivity index (χ0v) is 15.2. The van der Waals surface area contributed by atoms with Crippen LogP contribution in [-0.2, 0) is 4.79 Å². The first-order valence-electron chi connectivity index (χ1n) is 8.24. The zero-order chi connectivity index (χ0) is 18.8. The molecule has 1 aliphatic rings. The number of aromatic nitrogens is 1. The van der Waals surface area contributed by atoms with Gasteiger partial charge in [-0.15, -0.1) is 0 Å². The number of rotatable bonds is 2. The van der Waals surface area contributed by atoms with Crippen LogP contribution in [0, 0.1) is 0 Å². The Balaban J connectivity index is 1.65. The second kappa shape index (κ2) is 7.13. The van der Waals surface area contributed by atoms with Gasteiger partial charge in [-0.1, -0.05) is 48.2 Å². The van der Waals surface area contributed by atoms with E-state index in [0.717, 1.165) is 22.2 Å². The number of amidine groups is 1. The first-order chi connectivity index (χ1) is 13.2. The lowest BCUT2D eigenvalue weighted by Crippen LogP contribution is -2.03. The monoisotopic (exact) mass is 376 g/mol. The molecule has 2 aromatic carbocycles. The predicted molar refractivity (Wildman–Crippen MR) is 112 cm³/mol. The van der Waals surface area contributed by atoms with E-state index < -0.39 is 0 Å².